The van der Waals surface area contributed by atoms with E-state index in [1.54, 1.807) is 0 Å². The molecule has 2 saturated heterocycles. The van der Waals surface area contributed by atoms with Gasteiger partial charge in [-0.1, -0.05) is 0 Å². The fraction of sp³-hybridized carbons (Fsp3) is 0.895. The van der Waals surface area contributed by atoms with Gasteiger partial charge in [0.15, 0.2) is 5.96 Å². The Bertz CT molecular complexity index is 519. The van der Waals surface area contributed by atoms with Crippen molar-refractivity contribution in [3.8, 4) is 0 Å². The van der Waals surface area contributed by atoms with Gasteiger partial charge in [0.05, 0.1) is 12.6 Å². The minimum absolute atomic E-state index is 0.0900. The lowest BCUT2D eigenvalue weighted by Crippen LogP contribution is -2.52. The van der Waals surface area contributed by atoms with Crippen molar-refractivity contribution in [2.45, 2.75) is 51.8 Å². The molecular formula is C19H38N6O2. The Balaban J connectivity index is 1.90. The molecule has 0 aromatic heterocycles. The minimum Gasteiger partial charge on any atom is -0.444 e. The molecule has 0 spiro atoms. The van der Waals surface area contributed by atoms with E-state index in [0.717, 1.165) is 58.2 Å². The lowest BCUT2D eigenvalue weighted by molar-refractivity contribution is 0.0507. The quantitative estimate of drug-likeness (QED) is 0.553. The third-order valence-electron chi connectivity index (χ3n) is 4.98. The number of aliphatic imine (C=N–C) groups is 1. The molecule has 2 rings (SSSR count). The molecule has 0 radical (unpaired) electrons. The second kappa shape index (κ2) is 9.59. The normalized spacial score (nSPS) is 25.6. The predicted molar refractivity (Wildman–Crippen MR) is 109 cm³/mol. The molecule has 2 heterocycles. The third-order valence-corrected chi connectivity index (χ3v) is 4.98. The number of alkyl carbamates (subject to hydrolysis) is 1. The second-order valence-corrected chi connectivity index (χ2v) is 8.67. The van der Waals surface area contributed by atoms with E-state index in [2.05, 4.69) is 46.4 Å². The zero-order chi connectivity index (χ0) is 20.0. The molecule has 2 N–H and O–H groups in total. The SMILES string of the molecule is CCNC(=NCC1CN(C)CCN1C)N1CCC(NC(=O)OC(C)(C)C)C1. The molecular weight excluding hydrogens is 344 g/mol. The topological polar surface area (TPSA) is 72.4 Å². The maximum atomic E-state index is 12.0. The molecule has 2 atom stereocenters. The number of likely N-dealkylation sites (N-methyl/N-ethyl adjacent to an activating group) is 2. The Kier molecular flexibility index (Phi) is 7.73. The van der Waals surface area contributed by atoms with E-state index in [9.17, 15) is 4.79 Å². The summed E-state index contributed by atoms with van der Waals surface area (Å²) in [7, 11) is 4.35. The Morgan fingerprint density at radius 3 is 2.59 bits per heavy atom. The van der Waals surface area contributed by atoms with Gasteiger partial charge in [0, 0.05) is 45.3 Å². The zero-order valence-electron chi connectivity index (χ0n) is 17.9. The van der Waals surface area contributed by atoms with E-state index in [1.807, 2.05) is 20.8 Å². The lowest BCUT2D eigenvalue weighted by Gasteiger charge is -2.37. The first-order valence-corrected chi connectivity index (χ1v) is 10.1. The first-order valence-electron chi connectivity index (χ1n) is 10.1. The number of piperazine rings is 1. The number of nitrogens with zero attached hydrogens (tertiary/aromatic N) is 4. The maximum Gasteiger partial charge on any atom is 0.407 e. The van der Waals surface area contributed by atoms with E-state index in [1.165, 1.54) is 0 Å². The summed E-state index contributed by atoms with van der Waals surface area (Å²) in [5.74, 6) is 0.938. The first-order chi connectivity index (χ1) is 12.7. The fourth-order valence-electron chi connectivity index (χ4n) is 3.46. The Morgan fingerprint density at radius 2 is 1.93 bits per heavy atom. The summed E-state index contributed by atoms with van der Waals surface area (Å²) in [5.41, 5.74) is -0.474. The summed E-state index contributed by atoms with van der Waals surface area (Å²) in [5, 5.41) is 6.38. The molecule has 0 bridgehead atoms. The molecule has 8 nitrogen and oxygen atoms in total. The smallest absolute Gasteiger partial charge is 0.407 e. The lowest BCUT2D eigenvalue weighted by atomic mass is 10.2. The van der Waals surface area contributed by atoms with Crippen LogP contribution in [0.2, 0.25) is 0 Å². The van der Waals surface area contributed by atoms with Gasteiger partial charge in [0.1, 0.15) is 5.60 Å². The average molecular weight is 383 g/mol. The third kappa shape index (κ3) is 7.18. The molecule has 156 valence electrons. The van der Waals surface area contributed by atoms with Crippen LogP contribution in [0.3, 0.4) is 0 Å². The number of nitrogens with one attached hydrogen (secondary N) is 2. The van der Waals surface area contributed by atoms with Gasteiger partial charge < -0.3 is 25.2 Å². The molecule has 0 aliphatic carbocycles. The number of ether oxygens (including phenoxy) is 1. The van der Waals surface area contributed by atoms with Gasteiger partial charge in [-0.05, 0) is 48.2 Å². The van der Waals surface area contributed by atoms with Crippen LogP contribution in [0, 0.1) is 0 Å². The van der Waals surface area contributed by atoms with Crippen LogP contribution in [0.25, 0.3) is 0 Å². The molecule has 0 aromatic rings. The van der Waals surface area contributed by atoms with E-state index < -0.39 is 5.60 Å². The molecule has 8 heteroatoms. The van der Waals surface area contributed by atoms with Gasteiger partial charge in [-0.25, -0.2) is 4.79 Å². The summed E-state index contributed by atoms with van der Waals surface area (Å²) < 4.78 is 5.37. The average Bonchev–Trinajstić information content (AvgIpc) is 3.00. The van der Waals surface area contributed by atoms with Crippen molar-refractivity contribution >= 4 is 12.1 Å². The molecule has 0 aromatic carbocycles. The molecule has 1 amide bonds. The van der Waals surface area contributed by atoms with Gasteiger partial charge >= 0.3 is 6.09 Å². The number of amides is 1. The highest BCUT2D eigenvalue weighted by molar-refractivity contribution is 5.80. The van der Waals surface area contributed by atoms with Crippen molar-refractivity contribution in [3.63, 3.8) is 0 Å². The van der Waals surface area contributed by atoms with Gasteiger partial charge in [-0.15, -0.1) is 0 Å². The van der Waals surface area contributed by atoms with E-state index in [-0.39, 0.29) is 12.1 Å². The number of guanidine groups is 1. The monoisotopic (exact) mass is 382 g/mol. The summed E-state index contributed by atoms with van der Waals surface area (Å²) >= 11 is 0. The largest absolute Gasteiger partial charge is 0.444 e. The molecule has 2 aliphatic rings. The van der Waals surface area contributed by atoms with Crippen molar-refractivity contribution in [1.82, 2.24) is 25.3 Å². The van der Waals surface area contributed by atoms with Gasteiger partial charge in [-0.2, -0.15) is 0 Å². The fourth-order valence-corrected chi connectivity index (χ4v) is 3.46. The van der Waals surface area contributed by atoms with Crippen LogP contribution in [0.15, 0.2) is 4.99 Å². The van der Waals surface area contributed by atoms with E-state index in [0.29, 0.717) is 6.04 Å². The van der Waals surface area contributed by atoms with Crippen molar-refractivity contribution < 1.29 is 9.53 Å². The van der Waals surface area contributed by atoms with Crippen molar-refractivity contribution in [2.24, 2.45) is 4.99 Å². The number of carbonyl (C=O) groups excluding carboxylic acids is 1. The number of hydrogen-bond acceptors (Lipinski definition) is 5. The van der Waals surface area contributed by atoms with Crippen LogP contribution in [0.1, 0.15) is 34.1 Å². The van der Waals surface area contributed by atoms with Crippen molar-refractivity contribution in [3.05, 3.63) is 0 Å². The first kappa shape index (κ1) is 21.8. The van der Waals surface area contributed by atoms with E-state index in [4.69, 9.17) is 9.73 Å². The van der Waals surface area contributed by atoms with Crippen molar-refractivity contribution in [1.29, 1.82) is 0 Å². The van der Waals surface area contributed by atoms with Crippen LogP contribution in [0.5, 0.6) is 0 Å². The predicted octanol–water partition coefficient (Wildman–Crippen LogP) is 0.797. The van der Waals surface area contributed by atoms with Crippen LogP contribution in [-0.4, -0.2) is 104 Å². The second-order valence-electron chi connectivity index (χ2n) is 8.67. The summed E-state index contributed by atoms with van der Waals surface area (Å²) in [4.78, 5) is 23.9. The van der Waals surface area contributed by atoms with Crippen LogP contribution >= 0.6 is 0 Å². The van der Waals surface area contributed by atoms with E-state index >= 15 is 0 Å². The summed E-state index contributed by atoms with van der Waals surface area (Å²) in [6.07, 6.45) is 0.554. The highest BCUT2D eigenvalue weighted by Gasteiger charge is 2.28. The highest BCUT2D eigenvalue weighted by Crippen LogP contribution is 2.13. The maximum absolute atomic E-state index is 12.0. The minimum atomic E-state index is -0.474. The van der Waals surface area contributed by atoms with Gasteiger partial charge in [0.25, 0.3) is 0 Å². The highest BCUT2D eigenvalue weighted by atomic mass is 16.6. The molecule has 2 unspecified atom stereocenters. The zero-order valence-corrected chi connectivity index (χ0v) is 17.9. The van der Waals surface area contributed by atoms with Crippen LogP contribution in [0.4, 0.5) is 4.79 Å². The number of likely N-dealkylation sites (tertiary alicyclic amines) is 1. The van der Waals surface area contributed by atoms with Crippen molar-refractivity contribution in [2.75, 3.05) is 59.9 Å². The van der Waals surface area contributed by atoms with Crippen LogP contribution in [-0.2, 0) is 4.74 Å². The molecule has 27 heavy (non-hydrogen) atoms. The summed E-state index contributed by atoms with van der Waals surface area (Å²) in [6.45, 7) is 14.2. The van der Waals surface area contributed by atoms with Crippen LogP contribution < -0.4 is 10.6 Å². The number of carbonyl (C=O) groups is 1. The Hall–Kier alpha value is -1.54. The van der Waals surface area contributed by atoms with Gasteiger partial charge in [0.2, 0.25) is 0 Å². The summed E-state index contributed by atoms with van der Waals surface area (Å²) in [6, 6.07) is 0.530. The van der Waals surface area contributed by atoms with Gasteiger partial charge in [-0.3, -0.25) is 9.89 Å². The molecule has 0 saturated carbocycles. The number of rotatable bonds is 4. The number of hydrogen-bond donors (Lipinski definition) is 2. The standard InChI is InChI=1S/C19H38N6O2/c1-7-20-17(21-12-16-14-23(5)10-11-24(16)6)25-9-8-15(13-25)22-18(26)27-19(2,3)4/h15-16H,7-14H2,1-6H3,(H,20,21)(H,22,26). The molecule has 2 aliphatic heterocycles. The Labute approximate surface area is 164 Å². The molecule has 2 fully saturated rings. The Morgan fingerprint density at radius 1 is 1.19 bits per heavy atom.